The van der Waals surface area contributed by atoms with E-state index < -0.39 is 4.92 Å². The second-order valence-electron chi connectivity index (χ2n) is 2.32. The maximum atomic E-state index is 10.5. The molecule has 5 heteroatoms. The first-order valence-corrected chi connectivity index (χ1v) is 4.69. The lowest BCUT2D eigenvalue weighted by molar-refractivity contribution is -0.388. The minimum absolute atomic E-state index is 0.102. The number of aryl methyl sites for hydroxylation is 1. The first-order chi connectivity index (χ1) is 5.54. The van der Waals surface area contributed by atoms with Gasteiger partial charge in [-0.1, -0.05) is 6.07 Å². The lowest BCUT2D eigenvalue weighted by Crippen LogP contribution is -1.94. The van der Waals surface area contributed by atoms with Gasteiger partial charge in [-0.25, -0.2) is 0 Å². The molecule has 3 nitrogen and oxygen atoms in total. The number of benzene rings is 1. The number of halogens is 1. The molecule has 0 aliphatic carbocycles. The van der Waals surface area contributed by atoms with E-state index in [0.29, 0.717) is 10.5 Å². The van der Waals surface area contributed by atoms with Crippen molar-refractivity contribution in [2.75, 3.05) is 0 Å². The molecule has 0 N–H and O–H groups in total. The van der Waals surface area contributed by atoms with Crippen LogP contribution in [0.1, 0.15) is 5.56 Å². The minimum atomic E-state index is -0.403. The molecule has 0 amide bonds. The Hall–Kier alpha value is -0.300. The van der Waals surface area contributed by atoms with Crippen molar-refractivity contribution >= 4 is 40.9 Å². The van der Waals surface area contributed by atoms with Crippen LogP contribution in [-0.2, 0) is 0 Å². The van der Waals surface area contributed by atoms with E-state index in [1.54, 1.807) is 13.0 Å². The summed E-state index contributed by atoms with van der Waals surface area (Å²) in [6.07, 6.45) is 0. The fourth-order valence-electron chi connectivity index (χ4n) is 0.886. The predicted octanol–water partition coefficient (Wildman–Crippen LogP) is 2.80. The Balaban J connectivity index is 3.43. The zero-order valence-electron chi connectivity index (χ0n) is 6.24. The number of thiol groups is 1. The molecule has 0 fully saturated rings. The Labute approximate surface area is 88.9 Å². The van der Waals surface area contributed by atoms with E-state index in [2.05, 4.69) is 12.6 Å². The zero-order chi connectivity index (χ0) is 9.30. The fraction of sp³-hybridized carbons (Fsp3) is 0.143. The molecule has 12 heavy (non-hydrogen) atoms. The first kappa shape index (κ1) is 9.79. The lowest BCUT2D eigenvalue weighted by atomic mass is 10.2. The summed E-state index contributed by atoms with van der Waals surface area (Å²) in [7, 11) is 0. The average molecular weight is 295 g/mol. The van der Waals surface area contributed by atoms with Gasteiger partial charge in [-0.15, -0.1) is 12.6 Å². The molecule has 0 spiro atoms. The summed E-state index contributed by atoms with van der Waals surface area (Å²) >= 11 is 6.09. The van der Waals surface area contributed by atoms with Crippen LogP contribution in [0.2, 0.25) is 0 Å². The highest BCUT2D eigenvalue weighted by molar-refractivity contribution is 14.1. The lowest BCUT2D eigenvalue weighted by Gasteiger charge is -2.01. The smallest absolute Gasteiger partial charge is 0.258 e. The van der Waals surface area contributed by atoms with Gasteiger partial charge in [-0.2, -0.15) is 0 Å². The summed E-state index contributed by atoms with van der Waals surface area (Å²) in [5.74, 6) is 0. The van der Waals surface area contributed by atoms with Gasteiger partial charge in [-0.05, 0) is 35.6 Å². The molecule has 0 bridgehead atoms. The second-order valence-corrected chi connectivity index (χ2v) is 3.93. The highest BCUT2D eigenvalue weighted by Gasteiger charge is 2.16. The first-order valence-electron chi connectivity index (χ1n) is 3.16. The normalized spacial score (nSPS) is 9.92. The average Bonchev–Trinajstić information content (AvgIpc) is 1.97. The molecule has 0 saturated carbocycles. The van der Waals surface area contributed by atoms with E-state index in [4.69, 9.17) is 0 Å². The number of hydrogen-bond donors (Lipinski definition) is 1. The Bertz CT molecular complexity index is 340. The van der Waals surface area contributed by atoms with Gasteiger partial charge in [0.2, 0.25) is 0 Å². The third-order valence-electron chi connectivity index (χ3n) is 1.49. The van der Waals surface area contributed by atoms with Crippen molar-refractivity contribution in [3.8, 4) is 0 Å². The standard InChI is InChI=1S/C7H6INO2S/c1-4-2-3-5(8)7(12)6(4)9(10)11/h2-3,12H,1H3. The monoisotopic (exact) mass is 295 g/mol. The maximum Gasteiger partial charge on any atom is 0.286 e. The minimum Gasteiger partial charge on any atom is -0.258 e. The van der Waals surface area contributed by atoms with Crippen molar-refractivity contribution in [2.45, 2.75) is 11.8 Å². The number of rotatable bonds is 1. The van der Waals surface area contributed by atoms with Crippen LogP contribution in [-0.4, -0.2) is 4.92 Å². The van der Waals surface area contributed by atoms with Gasteiger partial charge < -0.3 is 0 Å². The molecule has 1 rings (SSSR count). The molecular formula is C7H6INO2S. The summed E-state index contributed by atoms with van der Waals surface area (Å²) in [4.78, 5) is 10.6. The highest BCUT2D eigenvalue weighted by atomic mass is 127. The molecule has 0 atom stereocenters. The van der Waals surface area contributed by atoms with Crippen LogP contribution < -0.4 is 0 Å². The molecule has 1 aromatic rings. The van der Waals surface area contributed by atoms with Gasteiger partial charge >= 0.3 is 0 Å². The van der Waals surface area contributed by atoms with Gasteiger partial charge in [0.05, 0.1) is 9.82 Å². The maximum absolute atomic E-state index is 10.5. The van der Waals surface area contributed by atoms with E-state index in [1.165, 1.54) is 0 Å². The Kier molecular flexibility index (Phi) is 2.94. The van der Waals surface area contributed by atoms with Gasteiger partial charge in [-0.3, -0.25) is 10.1 Å². The van der Waals surface area contributed by atoms with Crippen molar-refractivity contribution in [3.63, 3.8) is 0 Å². The molecule has 0 saturated heterocycles. The number of nitrogens with zero attached hydrogens (tertiary/aromatic N) is 1. The van der Waals surface area contributed by atoms with Crippen molar-refractivity contribution in [1.29, 1.82) is 0 Å². The third-order valence-corrected chi connectivity index (χ3v) is 3.26. The Morgan fingerprint density at radius 2 is 2.17 bits per heavy atom. The summed E-state index contributed by atoms with van der Waals surface area (Å²) in [5, 5.41) is 10.5. The Morgan fingerprint density at radius 1 is 1.58 bits per heavy atom. The molecule has 0 aliphatic rings. The predicted molar refractivity (Wildman–Crippen MR) is 57.8 cm³/mol. The largest absolute Gasteiger partial charge is 0.286 e. The van der Waals surface area contributed by atoms with Gasteiger partial charge in [0.15, 0.2) is 0 Å². The molecular weight excluding hydrogens is 289 g/mol. The quantitative estimate of drug-likeness (QED) is 0.375. The van der Waals surface area contributed by atoms with E-state index in [0.717, 1.165) is 3.57 Å². The number of nitro benzene ring substituents is 1. The van der Waals surface area contributed by atoms with E-state index in [-0.39, 0.29) is 5.69 Å². The summed E-state index contributed by atoms with van der Waals surface area (Å²) in [6, 6.07) is 3.53. The van der Waals surface area contributed by atoms with Crippen LogP contribution in [0.3, 0.4) is 0 Å². The fourth-order valence-corrected chi connectivity index (χ4v) is 1.65. The van der Waals surface area contributed by atoms with Crippen LogP contribution in [0.15, 0.2) is 17.0 Å². The Morgan fingerprint density at radius 3 is 2.58 bits per heavy atom. The SMILES string of the molecule is Cc1ccc(I)c(S)c1[N+](=O)[O-]. The summed E-state index contributed by atoms with van der Waals surface area (Å²) in [5.41, 5.74) is 0.746. The van der Waals surface area contributed by atoms with Crippen molar-refractivity contribution < 1.29 is 4.92 Å². The summed E-state index contributed by atoms with van der Waals surface area (Å²) in [6.45, 7) is 1.70. The number of hydrogen-bond acceptors (Lipinski definition) is 3. The molecule has 0 heterocycles. The number of nitro groups is 1. The van der Waals surface area contributed by atoms with Crippen LogP contribution in [0.4, 0.5) is 5.69 Å². The van der Waals surface area contributed by atoms with Crippen LogP contribution >= 0.6 is 35.2 Å². The van der Waals surface area contributed by atoms with Crippen LogP contribution in [0.25, 0.3) is 0 Å². The topological polar surface area (TPSA) is 43.1 Å². The van der Waals surface area contributed by atoms with Gasteiger partial charge in [0.1, 0.15) is 0 Å². The third kappa shape index (κ3) is 1.71. The van der Waals surface area contributed by atoms with Crippen molar-refractivity contribution in [2.24, 2.45) is 0 Å². The highest BCUT2D eigenvalue weighted by Crippen LogP contribution is 2.30. The summed E-state index contributed by atoms with van der Waals surface area (Å²) < 4.78 is 0.799. The molecule has 0 radical (unpaired) electrons. The molecule has 1 aromatic carbocycles. The van der Waals surface area contributed by atoms with E-state index >= 15 is 0 Å². The van der Waals surface area contributed by atoms with Crippen LogP contribution in [0, 0.1) is 20.6 Å². The van der Waals surface area contributed by atoms with E-state index in [9.17, 15) is 10.1 Å². The van der Waals surface area contributed by atoms with E-state index in [1.807, 2.05) is 28.7 Å². The van der Waals surface area contributed by atoms with Crippen molar-refractivity contribution in [1.82, 2.24) is 0 Å². The van der Waals surface area contributed by atoms with Gasteiger partial charge in [0, 0.05) is 9.13 Å². The molecule has 0 unspecified atom stereocenters. The van der Waals surface area contributed by atoms with Gasteiger partial charge in [0.25, 0.3) is 5.69 Å². The second kappa shape index (κ2) is 3.61. The molecule has 0 aliphatic heterocycles. The zero-order valence-corrected chi connectivity index (χ0v) is 9.30. The molecule has 64 valence electrons. The van der Waals surface area contributed by atoms with Crippen molar-refractivity contribution in [3.05, 3.63) is 31.4 Å². The molecule has 0 aromatic heterocycles. The van der Waals surface area contributed by atoms with Crippen LogP contribution in [0.5, 0.6) is 0 Å².